The lowest BCUT2D eigenvalue weighted by molar-refractivity contribution is 0.123. The van der Waals surface area contributed by atoms with Crippen LogP contribution in [0.4, 0.5) is 0 Å². The third kappa shape index (κ3) is 1.81. The average molecular weight is 244 g/mol. The molecular weight excluding hydrogens is 228 g/mol. The first-order valence-corrected chi connectivity index (χ1v) is 6.92. The Morgan fingerprint density at radius 3 is 2.41 bits per heavy atom. The van der Waals surface area contributed by atoms with Gasteiger partial charge in [-0.15, -0.1) is 11.3 Å². The second-order valence-electron chi connectivity index (χ2n) is 4.82. The van der Waals surface area contributed by atoms with E-state index < -0.39 is 0 Å². The van der Waals surface area contributed by atoms with Crippen LogP contribution in [0.15, 0.2) is 42.5 Å². The van der Waals surface area contributed by atoms with Gasteiger partial charge in [0.05, 0.1) is 6.61 Å². The molecule has 1 aliphatic rings. The molecule has 88 valence electrons. The Morgan fingerprint density at radius 2 is 1.82 bits per heavy atom. The molecule has 17 heavy (non-hydrogen) atoms. The molecule has 2 aromatic rings. The molecule has 0 radical (unpaired) electrons. The lowest BCUT2D eigenvalue weighted by Gasteiger charge is -2.39. The number of aliphatic hydroxyl groups excluding tert-OH is 1. The summed E-state index contributed by atoms with van der Waals surface area (Å²) in [5, 5.41) is 9.58. The molecular formula is C15H16OS. The molecule has 1 N–H and O–H groups in total. The van der Waals surface area contributed by atoms with Crippen molar-refractivity contribution in [1.29, 1.82) is 0 Å². The van der Waals surface area contributed by atoms with Gasteiger partial charge in [-0.1, -0.05) is 36.8 Å². The monoisotopic (exact) mass is 244 g/mol. The second-order valence-corrected chi connectivity index (χ2v) is 5.91. The van der Waals surface area contributed by atoms with Crippen molar-refractivity contribution in [3.8, 4) is 10.4 Å². The second kappa shape index (κ2) is 4.28. The maximum atomic E-state index is 9.58. The maximum absolute atomic E-state index is 9.58. The summed E-state index contributed by atoms with van der Waals surface area (Å²) in [4.78, 5) is 2.66. The van der Waals surface area contributed by atoms with Gasteiger partial charge < -0.3 is 5.11 Å². The number of benzene rings is 1. The van der Waals surface area contributed by atoms with Crippen LogP contribution in [-0.2, 0) is 5.41 Å². The number of hydrogen-bond donors (Lipinski definition) is 1. The summed E-state index contributed by atoms with van der Waals surface area (Å²) >= 11 is 1.83. The van der Waals surface area contributed by atoms with Gasteiger partial charge in [-0.2, -0.15) is 0 Å². The summed E-state index contributed by atoms with van der Waals surface area (Å²) in [6, 6.07) is 14.8. The van der Waals surface area contributed by atoms with Crippen molar-refractivity contribution >= 4 is 11.3 Å². The first-order chi connectivity index (χ1) is 8.34. The normalized spacial score (nSPS) is 17.7. The molecule has 1 fully saturated rings. The van der Waals surface area contributed by atoms with E-state index in [4.69, 9.17) is 0 Å². The summed E-state index contributed by atoms with van der Waals surface area (Å²) in [5.74, 6) is 0. The Labute approximate surface area is 106 Å². The number of rotatable bonds is 3. The third-order valence-electron chi connectivity index (χ3n) is 3.80. The number of thiophene rings is 1. The molecule has 0 spiro atoms. The van der Waals surface area contributed by atoms with Gasteiger partial charge in [0, 0.05) is 15.2 Å². The zero-order valence-electron chi connectivity index (χ0n) is 9.73. The minimum absolute atomic E-state index is 0.0810. The maximum Gasteiger partial charge on any atom is 0.0535 e. The minimum Gasteiger partial charge on any atom is -0.395 e. The highest BCUT2D eigenvalue weighted by molar-refractivity contribution is 7.15. The van der Waals surface area contributed by atoms with Gasteiger partial charge in [0.1, 0.15) is 0 Å². The molecule has 0 atom stereocenters. The fraction of sp³-hybridized carbons (Fsp3) is 0.333. The molecule has 1 aliphatic carbocycles. The van der Waals surface area contributed by atoms with Crippen LogP contribution in [-0.4, -0.2) is 11.7 Å². The Hall–Kier alpha value is -1.12. The van der Waals surface area contributed by atoms with Crippen molar-refractivity contribution in [2.45, 2.75) is 24.7 Å². The van der Waals surface area contributed by atoms with Crippen molar-refractivity contribution in [3.63, 3.8) is 0 Å². The van der Waals surface area contributed by atoms with Crippen molar-refractivity contribution in [2.75, 3.05) is 6.61 Å². The van der Waals surface area contributed by atoms with Gasteiger partial charge in [-0.05, 0) is 30.5 Å². The highest BCUT2D eigenvalue weighted by Gasteiger charge is 2.39. The lowest BCUT2D eigenvalue weighted by Crippen LogP contribution is -2.36. The molecule has 1 aromatic carbocycles. The van der Waals surface area contributed by atoms with Gasteiger partial charge in [0.2, 0.25) is 0 Å². The molecule has 2 heteroatoms. The summed E-state index contributed by atoms with van der Waals surface area (Å²) in [5.41, 5.74) is 1.36. The molecule has 1 aromatic heterocycles. The lowest BCUT2D eigenvalue weighted by atomic mass is 9.68. The van der Waals surface area contributed by atoms with E-state index in [1.54, 1.807) is 0 Å². The standard InChI is InChI=1S/C15H16OS/c16-11-15(9-4-10-15)14-8-7-13(17-14)12-5-2-1-3-6-12/h1-3,5-8,16H,4,9-11H2. The molecule has 1 saturated carbocycles. The first-order valence-electron chi connectivity index (χ1n) is 6.11. The Balaban J connectivity index is 1.93. The van der Waals surface area contributed by atoms with Crippen molar-refractivity contribution in [3.05, 3.63) is 47.3 Å². The number of hydrogen-bond acceptors (Lipinski definition) is 2. The smallest absolute Gasteiger partial charge is 0.0535 e. The fourth-order valence-electron chi connectivity index (χ4n) is 2.47. The summed E-state index contributed by atoms with van der Waals surface area (Å²) in [6.07, 6.45) is 3.52. The Morgan fingerprint density at radius 1 is 1.06 bits per heavy atom. The molecule has 0 aliphatic heterocycles. The quantitative estimate of drug-likeness (QED) is 0.870. The van der Waals surface area contributed by atoms with E-state index >= 15 is 0 Å². The van der Waals surface area contributed by atoms with E-state index in [9.17, 15) is 5.11 Å². The highest BCUT2D eigenvalue weighted by atomic mass is 32.1. The summed E-state index contributed by atoms with van der Waals surface area (Å²) < 4.78 is 0. The van der Waals surface area contributed by atoms with E-state index in [2.05, 4.69) is 36.4 Å². The van der Waals surface area contributed by atoms with E-state index in [0.29, 0.717) is 6.61 Å². The molecule has 0 amide bonds. The molecule has 0 saturated heterocycles. The topological polar surface area (TPSA) is 20.2 Å². The molecule has 0 bridgehead atoms. The average Bonchev–Trinajstić information content (AvgIpc) is 2.80. The summed E-state index contributed by atoms with van der Waals surface area (Å²) in [7, 11) is 0. The van der Waals surface area contributed by atoms with Crippen LogP contribution in [0.1, 0.15) is 24.1 Å². The van der Waals surface area contributed by atoms with Crippen LogP contribution in [0.5, 0.6) is 0 Å². The fourth-order valence-corrected chi connectivity index (χ4v) is 3.71. The van der Waals surface area contributed by atoms with Crippen molar-refractivity contribution in [1.82, 2.24) is 0 Å². The minimum atomic E-state index is 0.0810. The van der Waals surface area contributed by atoms with Gasteiger partial charge in [0.15, 0.2) is 0 Å². The van der Waals surface area contributed by atoms with E-state index in [0.717, 1.165) is 12.8 Å². The predicted octanol–water partition coefficient (Wildman–Crippen LogP) is 3.83. The SMILES string of the molecule is OCC1(c2ccc(-c3ccccc3)s2)CCC1. The van der Waals surface area contributed by atoms with Crippen LogP contribution in [0.3, 0.4) is 0 Å². The van der Waals surface area contributed by atoms with E-state index in [1.165, 1.54) is 21.7 Å². The van der Waals surface area contributed by atoms with Gasteiger partial charge in [0.25, 0.3) is 0 Å². The molecule has 1 heterocycles. The molecule has 1 nitrogen and oxygen atoms in total. The molecule has 3 rings (SSSR count). The van der Waals surface area contributed by atoms with Crippen LogP contribution >= 0.6 is 11.3 Å². The summed E-state index contributed by atoms with van der Waals surface area (Å²) in [6.45, 7) is 0.293. The van der Waals surface area contributed by atoms with Gasteiger partial charge >= 0.3 is 0 Å². The van der Waals surface area contributed by atoms with Crippen LogP contribution in [0, 0.1) is 0 Å². The highest BCUT2D eigenvalue weighted by Crippen LogP contribution is 2.47. The zero-order chi connectivity index (χ0) is 11.7. The van der Waals surface area contributed by atoms with Gasteiger partial charge in [-0.3, -0.25) is 0 Å². The van der Waals surface area contributed by atoms with Crippen molar-refractivity contribution in [2.24, 2.45) is 0 Å². The predicted molar refractivity (Wildman–Crippen MR) is 72.4 cm³/mol. The zero-order valence-corrected chi connectivity index (χ0v) is 10.5. The largest absolute Gasteiger partial charge is 0.395 e. The van der Waals surface area contributed by atoms with Crippen LogP contribution in [0.25, 0.3) is 10.4 Å². The van der Waals surface area contributed by atoms with Crippen LogP contribution < -0.4 is 0 Å². The first kappa shape index (κ1) is 11.0. The van der Waals surface area contributed by atoms with Crippen molar-refractivity contribution < 1.29 is 5.11 Å². The molecule has 0 unspecified atom stereocenters. The van der Waals surface area contributed by atoms with Gasteiger partial charge in [-0.25, -0.2) is 0 Å². The third-order valence-corrected chi connectivity index (χ3v) is 5.18. The van der Waals surface area contributed by atoms with E-state index in [-0.39, 0.29) is 5.41 Å². The van der Waals surface area contributed by atoms with E-state index in [1.807, 2.05) is 17.4 Å². The Bertz CT molecular complexity index is 491. The number of aliphatic hydroxyl groups is 1. The van der Waals surface area contributed by atoms with Crippen LogP contribution in [0.2, 0.25) is 0 Å². The Kier molecular flexibility index (Phi) is 2.77.